The van der Waals surface area contributed by atoms with Crippen LogP contribution < -0.4 is 4.90 Å². The number of furan rings is 1. The van der Waals surface area contributed by atoms with Crippen LogP contribution in [0.15, 0.2) is 290 Å². The first kappa shape index (κ1) is 43.4. The molecule has 0 aliphatic heterocycles. The van der Waals surface area contributed by atoms with Crippen LogP contribution in [0.1, 0.15) is 0 Å². The first-order valence-corrected chi connectivity index (χ1v) is 26.0. The third-order valence-electron chi connectivity index (χ3n) is 15.3. The van der Waals surface area contributed by atoms with Crippen LogP contribution in [-0.4, -0.2) is 9.13 Å². The molecule has 4 nitrogen and oxygen atoms in total. The van der Waals surface area contributed by atoms with Crippen LogP contribution in [0.5, 0.6) is 0 Å². The largest absolute Gasteiger partial charge is 0.456 e. The van der Waals surface area contributed by atoms with Crippen molar-refractivity contribution in [2.24, 2.45) is 0 Å². The van der Waals surface area contributed by atoms with E-state index in [2.05, 4.69) is 287 Å². The van der Waals surface area contributed by atoms with Gasteiger partial charge in [-0.1, -0.05) is 170 Å². The highest BCUT2D eigenvalue weighted by molar-refractivity contribution is 6.12. The van der Waals surface area contributed by atoms with Crippen LogP contribution in [0.4, 0.5) is 17.1 Å². The molecule has 12 aromatic carbocycles. The van der Waals surface area contributed by atoms with Gasteiger partial charge in [-0.15, -0.1) is 0 Å². The minimum Gasteiger partial charge on any atom is -0.456 e. The molecule has 0 aliphatic rings. The van der Waals surface area contributed by atoms with Crippen molar-refractivity contribution in [3.63, 3.8) is 0 Å². The van der Waals surface area contributed by atoms with E-state index < -0.39 is 0 Å². The highest BCUT2D eigenvalue weighted by Crippen LogP contribution is 2.43. The summed E-state index contributed by atoms with van der Waals surface area (Å²) in [6, 6.07) is 103. The fraction of sp³-hybridized carbons (Fsp3) is 0. The maximum absolute atomic E-state index is 6.47. The molecule has 15 aromatic rings. The standard InChI is InChI=1S/C72H47N3O/c1-4-17-48(18-5-1)49-31-35-58(36-32-49)73(56-20-6-2-7-21-56)59-24-16-19-50(44-59)53-41-54(51-33-38-63-61-25-10-13-28-67(61)74(69(63)45-51)57-22-8-3-9-23-57)43-55(42-53)52-34-39-64-62-26-11-14-29-68(62)75(70(64)46-52)60-37-40-66-65-27-12-15-30-71(65)76-72(66)47-60/h1-47H. The number of hydrogen-bond acceptors (Lipinski definition) is 2. The van der Waals surface area contributed by atoms with E-state index in [1.54, 1.807) is 0 Å². The van der Waals surface area contributed by atoms with Crippen molar-refractivity contribution in [3.8, 4) is 55.9 Å². The molecule has 0 spiro atoms. The highest BCUT2D eigenvalue weighted by atomic mass is 16.3. The number of rotatable bonds is 9. The lowest BCUT2D eigenvalue weighted by molar-refractivity contribution is 0.668. The maximum Gasteiger partial charge on any atom is 0.137 e. The molecule has 356 valence electrons. The summed E-state index contributed by atoms with van der Waals surface area (Å²) in [4.78, 5) is 2.36. The highest BCUT2D eigenvalue weighted by Gasteiger charge is 2.20. The summed E-state index contributed by atoms with van der Waals surface area (Å²) >= 11 is 0. The number of benzene rings is 12. The number of aromatic nitrogens is 2. The monoisotopic (exact) mass is 969 g/mol. The Bertz CT molecular complexity index is 4680. The Morgan fingerprint density at radius 1 is 0.224 bits per heavy atom. The minimum atomic E-state index is 0.874. The molecule has 0 amide bonds. The molecule has 3 aromatic heterocycles. The summed E-state index contributed by atoms with van der Waals surface area (Å²) in [5.74, 6) is 0. The number of para-hydroxylation sites is 5. The van der Waals surface area contributed by atoms with Gasteiger partial charge in [0.2, 0.25) is 0 Å². The smallest absolute Gasteiger partial charge is 0.137 e. The minimum absolute atomic E-state index is 0.874. The second-order valence-electron chi connectivity index (χ2n) is 19.7. The fourth-order valence-corrected chi connectivity index (χ4v) is 11.7. The molecule has 0 atom stereocenters. The maximum atomic E-state index is 6.47. The number of anilines is 3. The van der Waals surface area contributed by atoms with Gasteiger partial charge in [0.05, 0.1) is 22.1 Å². The van der Waals surface area contributed by atoms with E-state index in [-0.39, 0.29) is 0 Å². The Labute approximate surface area is 439 Å². The van der Waals surface area contributed by atoms with Gasteiger partial charge in [0, 0.05) is 66.8 Å². The van der Waals surface area contributed by atoms with Gasteiger partial charge in [-0.05, 0) is 154 Å². The quantitative estimate of drug-likeness (QED) is 0.144. The van der Waals surface area contributed by atoms with Gasteiger partial charge in [0.1, 0.15) is 11.2 Å². The van der Waals surface area contributed by atoms with Crippen molar-refractivity contribution in [1.29, 1.82) is 0 Å². The van der Waals surface area contributed by atoms with Crippen molar-refractivity contribution in [1.82, 2.24) is 9.13 Å². The fourth-order valence-electron chi connectivity index (χ4n) is 11.7. The second kappa shape index (κ2) is 17.8. The van der Waals surface area contributed by atoms with Crippen molar-refractivity contribution < 1.29 is 4.42 Å². The van der Waals surface area contributed by atoms with Gasteiger partial charge in [-0.25, -0.2) is 0 Å². The van der Waals surface area contributed by atoms with Crippen molar-refractivity contribution in [2.45, 2.75) is 0 Å². The zero-order valence-corrected chi connectivity index (χ0v) is 41.4. The Kier molecular flexibility index (Phi) is 10.2. The lowest BCUT2D eigenvalue weighted by Gasteiger charge is -2.26. The van der Waals surface area contributed by atoms with Gasteiger partial charge >= 0.3 is 0 Å². The number of fused-ring (bicyclic) bond motifs is 9. The van der Waals surface area contributed by atoms with Crippen molar-refractivity contribution >= 4 is 82.6 Å². The van der Waals surface area contributed by atoms with Crippen LogP contribution in [0, 0.1) is 0 Å². The van der Waals surface area contributed by atoms with Crippen LogP contribution in [0.3, 0.4) is 0 Å². The molecule has 15 rings (SSSR count). The summed E-state index contributed by atoms with van der Waals surface area (Å²) in [6.07, 6.45) is 0. The average molecular weight is 970 g/mol. The molecule has 0 unspecified atom stereocenters. The molecule has 0 fully saturated rings. The number of hydrogen-bond donors (Lipinski definition) is 0. The molecule has 4 heteroatoms. The molecule has 0 bridgehead atoms. The molecule has 76 heavy (non-hydrogen) atoms. The van der Waals surface area contributed by atoms with E-state index >= 15 is 0 Å². The molecular weight excluding hydrogens is 923 g/mol. The molecule has 0 saturated carbocycles. The van der Waals surface area contributed by atoms with E-state index in [4.69, 9.17) is 4.42 Å². The predicted molar refractivity (Wildman–Crippen MR) is 319 cm³/mol. The van der Waals surface area contributed by atoms with Crippen LogP contribution >= 0.6 is 0 Å². The lowest BCUT2D eigenvalue weighted by Crippen LogP contribution is -2.09. The SMILES string of the molecule is c1ccc(-c2ccc(N(c3ccccc3)c3cccc(-c4cc(-c5ccc6c7ccccc7n(-c7ccccc7)c6c5)cc(-c5ccc6c7ccccc7n(-c7ccc8c(c7)oc7ccccc78)c6c5)c4)c3)cc2)cc1. The van der Waals surface area contributed by atoms with Crippen molar-refractivity contribution in [2.75, 3.05) is 4.90 Å². The summed E-state index contributed by atoms with van der Waals surface area (Å²) in [7, 11) is 0. The third-order valence-corrected chi connectivity index (χ3v) is 15.3. The molecule has 3 heterocycles. The second-order valence-corrected chi connectivity index (χ2v) is 19.7. The van der Waals surface area contributed by atoms with Crippen LogP contribution in [0.2, 0.25) is 0 Å². The normalized spacial score (nSPS) is 11.7. The summed E-state index contributed by atoms with van der Waals surface area (Å²) in [6.45, 7) is 0. The summed E-state index contributed by atoms with van der Waals surface area (Å²) in [5.41, 5.74) is 21.0. The van der Waals surface area contributed by atoms with E-state index in [1.807, 2.05) is 12.1 Å². The first-order chi connectivity index (χ1) is 37.7. The van der Waals surface area contributed by atoms with E-state index in [0.29, 0.717) is 0 Å². The average Bonchev–Trinajstić information content (AvgIpc) is 4.21. The van der Waals surface area contributed by atoms with Gasteiger partial charge in [0.15, 0.2) is 0 Å². The van der Waals surface area contributed by atoms with E-state index in [9.17, 15) is 0 Å². The Morgan fingerprint density at radius 2 is 0.658 bits per heavy atom. The van der Waals surface area contributed by atoms with E-state index in [0.717, 1.165) is 94.8 Å². The summed E-state index contributed by atoms with van der Waals surface area (Å²) < 4.78 is 11.3. The van der Waals surface area contributed by atoms with Crippen LogP contribution in [-0.2, 0) is 0 Å². The van der Waals surface area contributed by atoms with Gasteiger partial charge in [-0.2, -0.15) is 0 Å². The number of nitrogens with zero attached hydrogens (tertiary/aromatic N) is 3. The zero-order valence-electron chi connectivity index (χ0n) is 41.4. The first-order valence-electron chi connectivity index (χ1n) is 26.0. The molecule has 0 radical (unpaired) electrons. The van der Waals surface area contributed by atoms with Crippen LogP contribution in [0.25, 0.3) is 121 Å². The molecule has 0 N–H and O–H groups in total. The molecular formula is C72H47N3O. The zero-order chi connectivity index (χ0) is 50.1. The van der Waals surface area contributed by atoms with E-state index in [1.165, 1.54) is 43.7 Å². The van der Waals surface area contributed by atoms with Crippen molar-refractivity contribution in [3.05, 3.63) is 285 Å². The van der Waals surface area contributed by atoms with Gasteiger partial charge < -0.3 is 18.5 Å². The van der Waals surface area contributed by atoms with Gasteiger partial charge in [-0.3, -0.25) is 0 Å². The molecule has 0 aliphatic carbocycles. The topological polar surface area (TPSA) is 26.2 Å². The lowest BCUT2D eigenvalue weighted by atomic mass is 9.92. The predicted octanol–water partition coefficient (Wildman–Crippen LogP) is 19.9. The third kappa shape index (κ3) is 7.30. The molecule has 0 saturated heterocycles. The Hall–Kier alpha value is -10.2. The van der Waals surface area contributed by atoms with Gasteiger partial charge in [0.25, 0.3) is 0 Å². The Morgan fingerprint density at radius 3 is 1.30 bits per heavy atom. The summed E-state index contributed by atoms with van der Waals surface area (Å²) in [5, 5.41) is 7.11. The Balaban J connectivity index is 0.924.